The number of benzene rings is 1. The lowest BCUT2D eigenvalue weighted by atomic mass is 9.76. The number of fused-ring (bicyclic) bond motifs is 2. The molecule has 2 aliphatic rings. The Morgan fingerprint density at radius 1 is 1.20 bits per heavy atom. The number of piperidine rings is 2. The van der Waals surface area contributed by atoms with Gasteiger partial charge in [-0.1, -0.05) is 18.2 Å². The van der Waals surface area contributed by atoms with Gasteiger partial charge < -0.3 is 14.8 Å². The Labute approximate surface area is 148 Å². The van der Waals surface area contributed by atoms with Crippen LogP contribution in [0.4, 0.5) is 0 Å². The number of nitrogens with one attached hydrogen (secondary N) is 1. The van der Waals surface area contributed by atoms with E-state index in [9.17, 15) is 9.59 Å². The molecule has 2 aliphatic heterocycles. The first-order valence-electron chi connectivity index (χ1n) is 9.17. The quantitative estimate of drug-likeness (QED) is 0.867. The van der Waals surface area contributed by atoms with Crippen molar-refractivity contribution < 1.29 is 9.59 Å². The van der Waals surface area contributed by atoms with Gasteiger partial charge in [-0.05, 0) is 44.7 Å². The Bertz CT molecular complexity index is 794. The Morgan fingerprint density at radius 3 is 2.76 bits per heavy atom. The highest BCUT2D eigenvalue weighted by Gasteiger charge is 2.49. The zero-order chi connectivity index (χ0) is 17.6. The molecular formula is C20H25N3O2. The summed E-state index contributed by atoms with van der Waals surface area (Å²) in [4.78, 5) is 32.6. The number of aromatic nitrogens is 1. The van der Waals surface area contributed by atoms with Crippen molar-refractivity contribution in [3.8, 4) is 0 Å². The van der Waals surface area contributed by atoms with Gasteiger partial charge in [-0.25, -0.2) is 0 Å². The molecule has 0 unspecified atom stereocenters. The van der Waals surface area contributed by atoms with Crippen LogP contribution >= 0.6 is 0 Å². The van der Waals surface area contributed by atoms with Gasteiger partial charge in [0.2, 0.25) is 5.91 Å². The van der Waals surface area contributed by atoms with Crippen LogP contribution in [-0.4, -0.2) is 51.3 Å². The van der Waals surface area contributed by atoms with Gasteiger partial charge in [0.05, 0.1) is 11.6 Å². The number of carbonyl (C=O) groups excluding carboxylic acids is 2. The van der Waals surface area contributed by atoms with E-state index in [4.69, 9.17) is 0 Å². The number of aromatic amines is 1. The summed E-state index contributed by atoms with van der Waals surface area (Å²) in [6, 6.07) is 9.99. The first-order valence-corrected chi connectivity index (χ1v) is 9.17. The van der Waals surface area contributed by atoms with Gasteiger partial charge in [-0.2, -0.15) is 0 Å². The summed E-state index contributed by atoms with van der Waals surface area (Å²) in [5.41, 5.74) is 1.38. The molecule has 0 spiro atoms. The number of H-pyrrole nitrogens is 1. The molecule has 2 fully saturated rings. The number of rotatable bonds is 1. The molecule has 5 nitrogen and oxygen atoms in total. The maximum Gasteiger partial charge on any atom is 0.270 e. The van der Waals surface area contributed by atoms with Crippen LogP contribution in [0.1, 0.15) is 50.0 Å². The number of para-hydroxylation sites is 1. The van der Waals surface area contributed by atoms with Crippen molar-refractivity contribution in [2.75, 3.05) is 13.1 Å². The maximum atomic E-state index is 13.2. The molecule has 132 valence electrons. The number of carbonyl (C=O) groups is 2. The minimum atomic E-state index is -0.246. The monoisotopic (exact) mass is 339 g/mol. The van der Waals surface area contributed by atoms with Crippen molar-refractivity contribution in [1.82, 2.24) is 14.8 Å². The van der Waals surface area contributed by atoms with Crippen molar-refractivity contribution >= 4 is 22.7 Å². The molecule has 2 atom stereocenters. The SMILES string of the molecule is CC(=O)N1CCC[C@H]2N(C(=O)c3cc4ccccc4[nH]3)CCC[C@@]21C. The van der Waals surface area contributed by atoms with Crippen LogP contribution in [0.25, 0.3) is 10.9 Å². The summed E-state index contributed by atoms with van der Waals surface area (Å²) < 4.78 is 0. The fraction of sp³-hybridized carbons (Fsp3) is 0.500. The highest BCUT2D eigenvalue weighted by Crippen LogP contribution is 2.39. The highest BCUT2D eigenvalue weighted by atomic mass is 16.2. The van der Waals surface area contributed by atoms with E-state index >= 15 is 0 Å². The normalized spacial score (nSPS) is 26.6. The van der Waals surface area contributed by atoms with Crippen LogP contribution in [0.15, 0.2) is 30.3 Å². The van der Waals surface area contributed by atoms with Crippen LogP contribution in [0, 0.1) is 0 Å². The molecule has 1 aromatic heterocycles. The molecule has 0 aliphatic carbocycles. The number of hydrogen-bond donors (Lipinski definition) is 1. The second-order valence-corrected chi connectivity index (χ2v) is 7.56. The average Bonchev–Trinajstić information content (AvgIpc) is 3.03. The zero-order valence-electron chi connectivity index (χ0n) is 14.9. The molecule has 2 amide bonds. The van der Waals surface area contributed by atoms with Gasteiger partial charge >= 0.3 is 0 Å². The summed E-state index contributed by atoms with van der Waals surface area (Å²) in [6.45, 7) is 5.37. The summed E-state index contributed by atoms with van der Waals surface area (Å²) >= 11 is 0. The Kier molecular flexibility index (Phi) is 3.82. The maximum absolute atomic E-state index is 13.2. The summed E-state index contributed by atoms with van der Waals surface area (Å²) in [5, 5.41) is 1.06. The molecular weight excluding hydrogens is 314 g/mol. The van der Waals surface area contributed by atoms with E-state index in [1.807, 2.05) is 40.1 Å². The average molecular weight is 339 g/mol. The van der Waals surface area contributed by atoms with Gasteiger partial charge in [0.1, 0.15) is 5.69 Å². The third kappa shape index (κ3) is 2.53. The predicted molar refractivity (Wildman–Crippen MR) is 97.4 cm³/mol. The second kappa shape index (κ2) is 5.90. The van der Waals surface area contributed by atoms with Gasteiger partial charge in [0, 0.05) is 30.9 Å². The van der Waals surface area contributed by atoms with Gasteiger partial charge in [-0.3, -0.25) is 9.59 Å². The summed E-state index contributed by atoms with van der Waals surface area (Å²) in [7, 11) is 0. The zero-order valence-corrected chi connectivity index (χ0v) is 14.9. The van der Waals surface area contributed by atoms with E-state index < -0.39 is 0 Å². The second-order valence-electron chi connectivity index (χ2n) is 7.56. The van der Waals surface area contributed by atoms with Crippen molar-refractivity contribution in [2.24, 2.45) is 0 Å². The Morgan fingerprint density at radius 2 is 2.00 bits per heavy atom. The van der Waals surface area contributed by atoms with Crippen LogP contribution in [0.5, 0.6) is 0 Å². The first kappa shape index (κ1) is 16.2. The molecule has 1 N–H and O–H groups in total. The molecule has 2 saturated heterocycles. The van der Waals surface area contributed by atoms with E-state index in [1.54, 1.807) is 6.92 Å². The number of amides is 2. The third-order valence-corrected chi connectivity index (χ3v) is 6.05. The van der Waals surface area contributed by atoms with Crippen LogP contribution in [0.2, 0.25) is 0 Å². The minimum Gasteiger partial charge on any atom is -0.351 e. The fourth-order valence-electron chi connectivity index (χ4n) is 4.85. The lowest BCUT2D eigenvalue weighted by Gasteiger charge is -2.56. The fourth-order valence-corrected chi connectivity index (χ4v) is 4.85. The van der Waals surface area contributed by atoms with E-state index in [-0.39, 0.29) is 23.4 Å². The smallest absolute Gasteiger partial charge is 0.270 e. The summed E-state index contributed by atoms with van der Waals surface area (Å²) in [5.74, 6) is 0.171. The lowest BCUT2D eigenvalue weighted by Crippen LogP contribution is -2.68. The lowest BCUT2D eigenvalue weighted by molar-refractivity contribution is -0.143. The molecule has 0 radical (unpaired) electrons. The van der Waals surface area contributed by atoms with Crippen LogP contribution in [-0.2, 0) is 4.79 Å². The molecule has 4 rings (SSSR count). The molecule has 3 heterocycles. The Balaban J connectivity index is 1.67. The van der Waals surface area contributed by atoms with Crippen molar-refractivity contribution in [3.63, 3.8) is 0 Å². The molecule has 1 aromatic carbocycles. The Hall–Kier alpha value is -2.30. The van der Waals surface area contributed by atoms with Gasteiger partial charge in [0.25, 0.3) is 5.91 Å². The van der Waals surface area contributed by atoms with E-state index in [0.29, 0.717) is 5.69 Å². The largest absolute Gasteiger partial charge is 0.351 e. The van der Waals surface area contributed by atoms with Crippen LogP contribution < -0.4 is 0 Å². The van der Waals surface area contributed by atoms with E-state index in [0.717, 1.165) is 49.7 Å². The van der Waals surface area contributed by atoms with Crippen LogP contribution in [0.3, 0.4) is 0 Å². The number of nitrogens with zero attached hydrogens (tertiary/aromatic N) is 2. The van der Waals surface area contributed by atoms with Crippen molar-refractivity contribution in [3.05, 3.63) is 36.0 Å². The molecule has 5 heteroatoms. The predicted octanol–water partition coefficient (Wildman–Crippen LogP) is 3.17. The first-order chi connectivity index (χ1) is 12.0. The van der Waals surface area contributed by atoms with Crippen molar-refractivity contribution in [1.29, 1.82) is 0 Å². The third-order valence-electron chi connectivity index (χ3n) is 6.05. The van der Waals surface area contributed by atoms with Gasteiger partial charge in [0.15, 0.2) is 0 Å². The molecule has 0 saturated carbocycles. The van der Waals surface area contributed by atoms with Gasteiger partial charge in [-0.15, -0.1) is 0 Å². The highest BCUT2D eigenvalue weighted by molar-refractivity contribution is 5.98. The van der Waals surface area contributed by atoms with Crippen molar-refractivity contribution in [2.45, 2.75) is 51.1 Å². The standard InChI is InChI=1S/C20H25N3O2/c1-14(24)23-12-5-9-18-20(23,2)10-6-11-22(18)19(25)17-13-15-7-3-4-8-16(15)21-17/h3-4,7-8,13,18,21H,5-6,9-12H2,1-2H3/t18-,20+/m1/s1. The number of likely N-dealkylation sites (tertiary alicyclic amines) is 2. The van der Waals surface area contributed by atoms with E-state index in [2.05, 4.69) is 11.9 Å². The number of hydrogen-bond acceptors (Lipinski definition) is 2. The molecule has 25 heavy (non-hydrogen) atoms. The topological polar surface area (TPSA) is 56.4 Å². The molecule has 0 bridgehead atoms. The van der Waals surface area contributed by atoms with E-state index in [1.165, 1.54) is 0 Å². The summed E-state index contributed by atoms with van der Waals surface area (Å²) in [6.07, 6.45) is 3.82. The minimum absolute atomic E-state index is 0.0533. The molecule has 2 aromatic rings.